The number of aliphatic hydroxyl groups excluding tert-OH is 2. The van der Waals surface area contributed by atoms with Crippen LogP contribution >= 0.6 is 0 Å². The zero-order valence-corrected chi connectivity index (χ0v) is 10.9. The Hall–Kier alpha value is -1.81. The second-order valence-electron chi connectivity index (χ2n) is 4.72. The van der Waals surface area contributed by atoms with E-state index in [-0.39, 0.29) is 5.76 Å². The van der Waals surface area contributed by atoms with Gasteiger partial charge in [-0.05, 0) is 18.6 Å². The predicted molar refractivity (Wildman–Crippen MR) is 71.2 cm³/mol. The zero-order chi connectivity index (χ0) is 13.8. The lowest BCUT2D eigenvalue weighted by Crippen LogP contribution is -2.03. The molecule has 4 heteroatoms. The SMILES string of the molecule is CCCCCC(O)/C=C/C1=C2C=C(O)C=C2OC1=O. The van der Waals surface area contributed by atoms with Gasteiger partial charge in [-0.15, -0.1) is 0 Å². The first-order valence-corrected chi connectivity index (χ1v) is 6.57. The van der Waals surface area contributed by atoms with E-state index in [0.29, 0.717) is 23.3 Å². The topological polar surface area (TPSA) is 66.8 Å². The van der Waals surface area contributed by atoms with E-state index in [1.54, 1.807) is 12.2 Å². The molecule has 0 spiro atoms. The fourth-order valence-electron chi connectivity index (χ4n) is 2.10. The number of hydrogen-bond donors (Lipinski definition) is 2. The lowest BCUT2D eigenvalue weighted by atomic mass is 10.1. The molecule has 0 fully saturated rings. The second kappa shape index (κ2) is 5.89. The van der Waals surface area contributed by atoms with Crippen molar-refractivity contribution in [3.63, 3.8) is 0 Å². The minimum Gasteiger partial charge on any atom is -0.508 e. The summed E-state index contributed by atoms with van der Waals surface area (Å²) in [7, 11) is 0. The minimum absolute atomic E-state index is 0.0758. The maximum atomic E-state index is 11.6. The van der Waals surface area contributed by atoms with Crippen molar-refractivity contribution in [1.29, 1.82) is 0 Å². The summed E-state index contributed by atoms with van der Waals surface area (Å²) in [6.45, 7) is 2.11. The number of aliphatic hydroxyl groups is 2. The van der Waals surface area contributed by atoms with Crippen molar-refractivity contribution in [3.8, 4) is 0 Å². The molecular formula is C15H18O4. The highest BCUT2D eigenvalue weighted by Gasteiger charge is 2.30. The first kappa shape index (κ1) is 13.6. The molecule has 0 aromatic carbocycles. The van der Waals surface area contributed by atoms with Crippen molar-refractivity contribution < 1.29 is 19.7 Å². The molecule has 0 amide bonds. The third-order valence-corrected chi connectivity index (χ3v) is 3.14. The third kappa shape index (κ3) is 3.15. The number of allylic oxidation sites excluding steroid dienone is 2. The van der Waals surface area contributed by atoms with Crippen LogP contribution in [0, 0.1) is 0 Å². The fourth-order valence-corrected chi connectivity index (χ4v) is 2.10. The maximum absolute atomic E-state index is 11.6. The monoisotopic (exact) mass is 262 g/mol. The van der Waals surface area contributed by atoms with Gasteiger partial charge >= 0.3 is 5.97 Å². The largest absolute Gasteiger partial charge is 0.508 e. The summed E-state index contributed by atoms with van der Waals surface area (Å²) in [6, 6.07) is 0. The van der Waals surface area contributed by atoms with E-state index < -0.39 is 12.1 Å². The molecule has 19 heavy (non-hydrogen) atoms. The number of hydrogen-bond acceptors (Lipinski definition) is 4. The molecule has 0 aromatic rings. The molecule has 0 saturated heterocycles. The number of carbonyl (C=O) groups is 1. The Bertz CT molecular complexity index is 494. The summed E-state index contributed by atoms with van der Waals surface area (Å²) < 4.78 is 5.00. The van der Waals surface area contributed by atoms with Crippen LogP contribution in [0.15, 0.2) is 47.0 Å². The van der Waals surface area contributed by atoms with Gasteiger partial charge in [-0.3, -0.25) is 0 Å². The molecule has 2 rings (SSSR count). The van der Waals surface area contributed by atoms with E-state index in [4.69, 9.17) is 4.74 Å². The molecule has 1 heterocycles. The van der Waals surface area contributed by atoms with Gasteiger partial charge in [0.2, 0.25) is 0 Å². The van der Waals surface area contributed by atoms with Gasteiger partial charge in [-0.1, -0.05) is 32.3 Å². The number of fused-ring (bicyclic) bond motifs is 1. The third-order valence-electron chi connectivity index (χ3n) is 3.14. The van der Waals surface area contributed by atoms with Crippen molar-refractivity contribution in [3.05, 3.63) is 47.0 Å². The molecule has 0 bridgehead atoms. The Morgan fingerprint density at radius 3 is 2.89 bits per heavy atom. The normalized spacial score (nSPS) is 19.6. The summed E-state index contributed by atoms with van der Waals surface area (Å²) in [5.74, 6) is 0.0107. The van der Waals surface area contributed by atoms with Crippen molar-refractivity contribution in [2.24, 2.45) is 0 Å². The van der Waals surface area contributed by atoms with Crippen LogP contribution in [0.3, 0.4) is 0 Å². The van der Waals surface area contributed by atoms with Gasteiger partial charge in [0.05, 0.1) is 11.7 Å². The molecule has 0 radical (unpaired) electrons. The first-order valence-electron chi connectivity index (χ1n) is 6.57. The Kier molecular flexibility index (Phi) is 4.22. The van der Waals surface area contributed by atoms with Crippen LogP contribution in [0.2, 0.25) is 0 Å². The lowest BCUT2D eigenvalue weighted by Gasteiger charge is -2.03. The molecule has 1 unspecified atom stereocenters. The quantitative estimate of drug-likeness (QED) is 0.570. The summed E-state index contributed by atoms with van der Waals surface area (Å²) in [5.41, 5.74) is 0.962. The lowest BCUT2D eigenvalue weighted by molar-refractivity contribution is -0.132. The molecule has 2 N–H and O–H groups in total. The molecule has 0 aromatic heterocycles. The Balaban J connectivity index is 2.02. The van der Waals surface area contributed by atoms with Crippen molar-refractivity contribution in [2.45, 2.75) is 38.7 Å². The second-order valence-corrected chi connectivity index (χ2v) is 4.72. The number of carbonyl (C=O) groups excluding carboxylic acids is 1. The highest BCUT2D eigenvalue weighted by atomic mass is 16.5. The molecule has 0 saturated carbocycles. The van der Waals surface area contributed by atoms with Crippen LogP contribution in [-0.4, -0.2) is 22.3 Å². The summed E-state index contributed by atoms with van der Waals surface area (Å²) in [5, 5.41) is 19.1. The summed E-state index contributed by atoms with van der Waals surface area (Å²) in [4.78, 5) is 11.6. The van der Waals surface area contributed by atoms with E-state index in [1.807, 2.05) is 0 Å². The Morgan fingerprint density at radius 2 is 2.16 bits per heavy atom. The number of ether oxygens (including phenoxy) is 1. The molecule has 4 nitrogen and oxygen atoms in total. The van der Waals surface area contributed by atoms with E-state index in [1.165, 1.54) is 12.2 Å². The van der Waals surface area contributed by atoms with Crippen molar-refractivity contribution >= 4 is 5.97 Å². The number of unbranched alkanes of at least 4 members (excludes halogenated alkanes) is 2. The highest BCUT2D eigenvalue weighted by molar-refractivity contribution is 5.99. The van der Waals surface area contributed by atoms with Gasteiger partial charge in [0.1, 0.15) is 11.5 Å². The van der Waals surface area contributed by atoms with E-state index in [2.05, 4.69) is 6.92 Å². The molecular weight excluding hydrogens is 244 g/mol. The van der Waals surface area contributed by atoms with Crippen LogP contribution in [0.1, 0.15) is 32.6 Å². The van der Waals surface area contributed by atoms with E-state index in [0.717, 1.165) is 19.3 Å². The van der Waals surface area contributed by atoms with Crippen LogP contribution in [0.4, 0.5) is 0 Å². The number of esters is 1. The number of rotatable bonds is 6. The van der Waals surface area contributed by atoms with Gasteiger partial charge in [-0.25, -0.2) is 4.79 Å². The zero-order valence-electron chi connectivity index (χ0n) is 10.9. The van der Waals surface area contributed by atoms with Crippen LogP contribution in [-0.2, 0) is 9.53 Å². The van der Waals surface area contributed by atoms with Crippen LogP contribution in [0.5, 0.6) is 0 Å². The highest BCUT2D eigenvalue weighted by Crippen LogP contribution is 2.33. The molecule has 1 aliphatic heterocycles. The van der Waals surface area contributed by atoms with Crippen molar-refractivity contribution in [2.75, 3.05) is 0 Å². The average Bonchev–Trinajstić information content (AvgIpc) is 2.82. The molecule has 1 aliphatic carbocycles. The van der Waals surface area contributed by atoms with Gasteiger partial charge in [-0.2, -0.15) is 0 Å². The van der Waals surface area contributed by atoms with Crippen molar-refractivity contribution in [1.82, 2.24) is 0 Å². The van der Waals surface area contributed by atoms with Gasteiger partial charge in [0, 0.05) is 11.6 Å². The molecule has 1 atom stereocenters. The summed E-state index contributed by atoms with van der Waals surface area (Å²) in [6.07, 6.45) is 9.36. The smallest absolute Gasteiger partial charge is 0.344 e. The Morgan fingerprint density at radius 1 is 1.37 bits per heavy atom. The van der Waals surface area contributed by atoms with Crippen LogP contribution < -0.4 is 0 Å². The fraction of sp³-hybridized carbons (Fsp3) is 0.400. The maximum Gasteiger partial charge on any atom is 0.344 e. The van der Waals surface area contributed by atoms with E-state index >= 15 is 0 Å². The van der Waals surface area contributed by atoms with Gasteiger partial charge in [0.15, 0.2) is 0 Å². The predicted octanol–water partition coefficient (Wildman–Crippen LogP) is 2.68. The van der Waals surface area contributed by atoms with Gasteiger partial charge in [0.25, 0.3) is 0 Å². The Labute approximate surface area is 112 Å². The average molecular weight is 262 g/mol. The minimum atomic E-state index is -0.556. The summed E-state index contributed by atoms with van der Waals surface area (Å²) >= 11 is 0. The first-order chi connectivity index (χ1) is 9.11. The van der Waals surface area contributed by atoms with Gasteiger partial charge < -0.3 is 14.9 Å². The standard InChI is InChI=1S/C15H18O4/c1-2-3-4-5-10(16)6-7-12-13-8-11(17)9-14(13)19-15(12)18/h6-10,16-17H,2-5H2,1H3/b7-6+. The molecule has 102 valence electrons. The van der Waals surface area contributed by atoms with Crippen LogP contribution in [0.25, 0.3) is 0 Å². The van der Waals surface area contributed by atoms with E-state index in [9.17, 15) is 15.0 Å². The molecule has 2 aliphatic rings.